The normalized spacial score (nSPS) is 12.2. The number of carboxylic acids is 1. The summed E-state index contributed by atoms with van der Waals surface area (Å²) >= 11 is 0. The van der Waals surface area contributed by atoms with Gasteiger partial charge in [0.2, 0.25) is 6.10 Å². The molecule has 206 valence electrons. The molecule has 1 N–H and O–H groups in total. The maximum absolute atomic E-state index is 12.4. The summed E-state index contributed by atoms with van der Waals surface area (Å²) in [4.78, 5) is 22.2. The molecule has 0 saturated carbocycles. The van der Waals surface area contributed by atoms with Crippen LogP contribution in [0.2, 0.25) is 0 Å². The monoisotopic (exact) mass is 527 g/mol. The van der Waals surface area contributed by atoms with Crippen molar-refractivity contribution in [3.63, 3.8) is 0 Å². The van der Waals surface area contributed by atoms with Crippen LogP contribution in [0.25, 0.3) is 11.2 Å². The molecule has 4 aromatic rings. The molecule has 39 heavy (non-hydrogen) atoms. The number of pyridine rings is 1. The van der Waals surface area contributed by atoms with E-state index in [-0.39, 0.29) is 0 Å². The molecule has 1 atom stereocenters. The van der Waals surface area contributed by atoms with E-state index < -0.39 is 12.1 Å². The third-order valence-corrected chi connectivity index (χ3v) is 7.25. The lowest BCUT2D eigenvalue weighted by atomic mass is 9.97. The molecule has 0 radical (unpaired) electrons. The Balaban J connectivity index is 1.79. The first-order valence-corrected chi connectivity index (χ1v) is 14.3. The Hall–Kier alpha value is -3.67. The van der Waals surface area contributed by atoms with Crippen LogP contribution in [0.5, 0.6) is 5.75 Å². The standard InChI is InChI=1S/C33H41N3O3/c1-7-11-26-18-24(20-36-28(10-4)35-29-21(5)17-22(6)34-32(29)36)19-27(12-8-2)30(26)39-31(33(37)38)25-15-13-23(9-3)14-16-25/h13-19,31H,7-12,20H2,1-6H3,(H,37,38). The van der Waals surface area contributed by atoms with Crippen molar-refractivity contribution < 1.29 is 14.6 Å². The fourth-order valence-electron chi connectivity index (χ4n) is 5.35. The van der Waals surface area contributed by atoms with Crippen LogP contribution in [0.1, 0.15) is 91.5 Å². The summed E-state index contributed by atoms with van der Waals surface area (Å²) in [6.07, 6.45) is 4.14. The highest BCUT2D eigenvalue weighted by molar-refractivity contribution is 5.76. The molecule has 0 amide bonds. The van der Waals surface area contributed by atoms with Gasteiger partial charge in [-0.25, -0.2) is 14.8 Å². The second-order valence-electron chi connectivity index (χ2n) is 10.4. The van der Waals surface area contributed by atoms with Crippen molar-refractivity contribution >= 4 is 17.1 Å². The molecule has 2 aromatic carbocycles. The van der Waals surface area contributed by atoms with Gasteiger partial charge < -0.3 is 14.4 Å². The summed E-state index contributed by atoms with van der Waals surface area (Å²) in [5, 5.41) is 10.1. The minimum absolute atomic E-state index is 0.656. The minimum atomic E-state index is -1.06. The number of aromatic nitrogens is 3. The van der Waals surface area contributed by atoms with Gasteiger partial charge in [-0.2, -0.15) is 0 Å². The van der Waals surface area contributed by atoms with Crippen molar-refractivity contribution in [3.05, 3.63) is 87.4 Å². The van der Waals surface area contributed by atoms with E-state index in [1.165, 1.54) is 5.56 Å². The maximum Gasteiger partial charge on any atom is 0.349 e. The molecule has 0 bridgehead atoms. The molecule has 6 nitrogen and oxygen atoms in total. The van der Waals surface area contributed by atoms with E-state index in [9.17, 15) is 9.90 Å². The van der Waals surface area contributed by atoms with Crippen LogP contribution in [0.3, 0.4) is 0 Å². The molecular formula is C33H41N3O3. The summed E-state index contributed by atoms with van der Waals surface area (Å²) < 4.78 is 8.64. The SMILES string of the molecule is CCCc1cc(Cn2c(CC)nc3c(C)cc(C)nc32)cc(CCC)c1OC(C(=O)O)c1ccc(CC)cc1. The van der Waals surface area contributed by atoms with E-state index in [0.29, 0.717) is 17.9 Å². The van der Waals surface area contributed by atoms with E-state index in [2.05, 4.69) is 57.4 Å². The number of aryl methyl sites for hydroxylation is 6. The molecule has 0 fully saturated rings. The van der Waals surface area contributed by atoms with E-state index in [1.54, 1.807) is 0 Å². The Kier molecular flexibility index (Phi) is 9.05. The van der Waals surface area contributed by atoms with Crippen molar-refractivity contribution in [1.29, 1.82) is 0 Å². The summed E-state index contributed by atoms with van der Waals surface area (Å²) in [5.41, 5.74) is 9.08. The van der Waals surface area contributed by atoms with Gasteiger partial charge in [0.15, 0.2) is 5.65 Å². The van der Waals surface area contributed by atoms with Crippen LogP contribution in [0.4, 0.5) is 0 Å². The Bertz CT molecular complexity index is 1430. The first-order valence-electron chi connectivity index (χ1n) is 14.3. The van der Waals surface area contributed by atoms with Gasteiger partial charge in [-0.1, -0.05) is 76.9 Å². The third kappa shape index (κ3) is 6.16. The number of ether oxygens (including phenoxy) is 1. The van der Waals surface area contributed by atoms with Gasteiger partial charge in [0.1, 0.15) is 17.1 Å². The number of benzene rings is 2. The largest absolute Gasteiger partial charge is 0.478 e. The fourth-order valence-corrected chi connectivity index (χ4v) is 5.35. The molecule has 0 aliphatic heterocycles. The highest BCUT2D eigenvalue weighted by Crippen LogP contribution is 2.34. The van der Waals surface area contributed by atoms with E-state index in [0.717, 1.165) is 83.5 Å². The van der Waals surface area contributed by atoms with E-state index in [4.69, 9.17) is 14.7 Å². The zero-order valence-electron chi connectivity index (χ0n) is 24.2. The highest BCUT2D eigenvalue weighted by Gasteiger charge is 2.25. The molecule has 0 saturated heterocycles. The average Bonchev–Trinajstić information content (AvgIpc) is 3.26. The van der Waals surface area contributed by atoms with Gasteiger partial charge in [0, 0.05) is 17.7 Å². The second-order valence-corrected chi connectivity index (χ2v) is 10.4. The number of carboxylic acid groups (broad SMARTS) is 1. The van der Waals surface area contributed by atoms with Crippen LogP contribution in [0, 0.1) is 13.8 Å². The predicted molar refractivity (Wildman–Crippen MR) is 157 cm³/mol. The molecule has 0 aliphatic carbocycles. The number of carbonyl (C=O) groups is 1. The minimum Gasteiger partial charge on any atom is -0.478 e. The second kappa shape index (κ2) is 12.5. The van der Waals surface area contributed by atoms with Crippen LogP contribution < -0.4 is 4.74 Å². The summed E-state index contributed by atoms with van der Waals surface area (Å²) in [5.74, 6) is 0.745. The van der Waals surface area contributed by atoms with Gasteiger partial charge in [0.25, 0.3) is 0 Å². The van der Waals surface area contributed by atoms with Crippen molar-refractivity contribution in [1.82, 2.24) is 14.5 Å². The number of nitrogens with zero attached hydrogens (tertiary/aromatic N) is 3. The smallest absolute Gasteiger partial charge is 0.349 e. The number of imidazole rings is 1. The molecule has 2 aromatic heterocycles. The number of aliphatic carboxylic acids is 1. The topological polar surface area (TPSA) is 77.2 Å². The molecule has 4 rings (SSSR count). The first kappa shape index (κ1) is 28.3. The van der Waals surface area contributed by atoms with Crippen LogP contribution in [-0.2, 0) is 37.0 Å². The summed E-state index contributed by atoms with van der Waals surface area (Å²) in [7, 11) is 0. The lowest BCUT2D eigenvalue weighted by molar-refractivity contribution is -0.145. The average molecular weight is 528 g/mol. The lowest BCUT2D eigenvalue weighted by Gasteiger charge is -2.22. The van der Waals surface area contributed by atoms with Gasteiger partial charge >= 0.3 is 5.97 Å². The Morgan fingerprint density at radius 3 is 2.08 bits per heavy atom. The van der Waals surface area contributed by atoms with E-state index >= 15 is 0 Å². The highest BCUT2D eigenvalue weighted by atomic mass is 16.5. The quantitative estimate of drug-likeness (QED) is 0.209. The van der Waals surface area contributed by atoms with Crippen molar-refractivity contribution in [2.45, 2.75) is 92.7 Å². The van der Waals surface area contributed by atoms with Crippen LogP contribution in [0.15, 0.2) is 42.5 Å². The lowest BCUT2D eigenvalue weighted by Crippen LogP contribution is -2.20. The third-order valence-electron chi connectivity index (χ3n) is 7.25. The molecule has 2 heterocycles. The maximum atomic E-state index is 12.4. The first-order chi connectivity index (χ1) is 18.8. The fraction of sp³-hybridized carbons (Fsp3) is 0.424. The number of hydrogen-bond donors (Lipinski definition) is 1. The predicted octanol–water partition coefficient (Wildman–Crippen LogP) is 7.33. The van der Waals surface area contributed by atoms with Gasteiger partial charge in [-0.3, -0.25) is 0 Å². The van der Waals surface area contributed by atoms with Gasteiger partial charge in [-0.05, 0) is 67.0 Å². The zero-order valence-corrected chi connectivity index (χ0v) is 24.2. The number of hydrogen-bond acceptors (Lipinski definition) is 4. The Labute approximate surface area is 232 Å². The van der Waals surface area contributed by atoms with Gasteiger partial charge in [0.05, 0.1) is 6.54 Å². The van der Waals surface area contributed by atoms with Crippen molar-refractivity contribution in [2.24, 2.45) is 0 Å². The van der Waals surface area contributed by atoms with Crippen molar-refractivity contribution in [3.8, 4) is 5.75 Å². The molecule has 0 spiro atoms. The number of rotatable bonds is 12. The van der Waals surface area contributed by atoms with Crippen molar-refractivity contribution in [2.75, 3.05) is 0 Å². The van der Waals surface area contributed by atoms with Gasteiger partial charge in [-0.15, -0.1) is 0 Å². The van der Waals surface area contributed by atoms with E-state index in [1.807, 2.05) is 31.2 Å². The zero-order chi connectivity index (χ0) is 28.1. The molecular weight excluding hydrogens is 486 g/mol. The van der Waals surface area contributed by atoms with Crippen LogP contribution in [-0.4, -0.2) is 25.6 Å². The summed E-state index contributed by atoms with van der Waals surface area (Å²) in [6.45, 7) is 13.3. The summed E-state index contributed by atoms with van der Waals surface area (Å²) in [6, 6.07) is 14.2. The molecule has 0 aliphatic rings. The Morgan fingerprint density at radius 2 is 1.54 bits per heavy atom. The number of fused-ring (bicyclic) bond motifs is 1. The van der Waals surface area contributed by atoms with Crippen LogP contribution >= 0.6 is 0 Å². The Morgan fingerprint density at radius 1 is 0.897 bits per heavy atom. The molecule has 6 heteroatoms. The molecule has 1 unspecified atom stereocenters.